The zero-order chi connectivity index (χ0) is 21.1. The van der Waals surface area contributed by atoms with E-state index < -0.39 is 0 Å². The van der Waals surface area contributed by atoms with Crippen LogP contribution in [0.1, 0.15) is 34.4 Å². The number of nitrogens with one attached hydrogen (secondary N) is 1. The number of hydrogen-bond donors (Lipinski definition) is 1. The smallest absolute Gasteiger partial charge is 0.277 e. The largest absolute Gasteiger partial charge is 0.493 e. The molecular weight excluding hydrogens is 438 g/mol. The molecule has 154 valence electrons. The van der Waals surface area contributed by atoms with Crippen LogP contribution in [0.25, 0.3) is 0 Å². The number of anilines is 1. The first kappa shape index (κ1) is 20.9. The number of aromatic nitrogens is 4. The number of carbonyl (C=O) groups is 1. The van der Waals surface area contributed by atoms with Gasteiger partial charge in [-0.05, 0) is 54.4 Å². The first-order valence-corrected chi connectivity index (χ1v) is 9.96. The quantitative estimate of drug-likeness (QED) is 0.578. The molecule has 0 unspecified atom stereocenters. The minimum atomic E-state index is -0.277. The van der Waals surface area contributed by atoms with E-state index in [2.05, 4.69) is 31.4 Å². The Balaban J connectivity index is 1.83. The highest BCUT2D eigenvalue weighted by atomic mass is 79.9. The third-order valence-corrected chi connectivity index (χ3v) is 5.24. The average molecular weight is 462 g/mol. The Kier molecular flexibility index (Phi) is 6.26. The van der Waals surface area contributed by atoms with E-state index in [0.717, 1.165) is 17.0 Å². The zero-order valence-electron chi connectivity index (χ0n) is 17.1. The Bertz CT molecular complexity index is 1040. The third-order valence-electron chi connectivity index (χ3n) is 4.66. The van der Waals surface area contributed by atoms with Gasteiger partial charge >= 0.3 is 0 Å². The van der Waals surface area contributed by atoms with Crippen molar-refractivity contribution in [2.45, 2.75) is 33.9 Å². The summed E-state index contributed by atoms with van der Waals surface area (Å²) in [6.45, 7) is 6.99. The summed E-state index contributed by atoms with van der Waals surface area (Å²) in [6, 6.07) is 5.75. The van der Waals surface area contributed by atoms with Gasteiger partial charge in [-0.3, -0.25) is 14.2 Å². The number of methoxy groups -OCH3 is 2. The lowest BCUT2D eigenvalue weighted by Crippen LogP contribution is -2.15. The minimum Gasteiger partial charge on any atom is -0.493 e. The minimum absolute atomic E-state index is 0.277. The fourth-order valence-corrected chi connectivity index (χ4v) is 3.57. The summed E-state index contributed by atoms with van der Waals surface area (Å²) in [5.74, 6) is 1.06. The van der Waals surface area contributed by atoms with Crippen LogP contribution in [0.3, 0.4) is 0 Å². The summed E-state index contributed by atoms with van der Waals surface area (Å²) in [7, 11) is 3.21. The highest BCUT2D eigenvalue weighted by Crippen LogP contribution is 2.29. The van der Waals surface area contributed by atoms with Crippen molar-refractivity contribution in [1.82, 2.24) is 19.6 Å². The average Bonchev–Trinajstić information content (AvgIpc) is 3.22. The first-order chi connectivity index (χ1) is 13.9. The lowest BCUT2D eigenvalue weighted by atomic mass is 10.2. The molecule has 2 aromatic heterocycles. The predicted molar refractivity (Wildman–Crippen MR) is 114 cm³/mol. The van der Waals surface area contributed by atoms with E-state index in [0.29, 0.717) is 40.4 Å². The van der Waals surface area contributed by atoms with Crippen molar-refractivity contribution < 1.29 is 14.3 Å². The number of hydrogen-bond acceptors (Lipinski definition) is 5. The van der Waals surface area contributed by atoms with Gasteiger partial charge in [-0.15, -0.1) is 0 Å². The molecule has 0 spiro atoms. The summed E-state index contributed by atoms with van der Waals surface area (Å²) in [5.41, 5.74) is 3.64. The second-order valence-electron chi connectivity index (χ2n) is 6.53. The lowest BCUT2D eigenvalue weighted by molar-refractivity contribution is 0.102. The number of rotatable bonds is 7. The zero-order valence-corrected chi connectivity index (χ0v) is 18.7. The molecule has 0 atom stereocenters. The highest BCUT2D eigenvalue weighted by Gasteiger charge is 2.20. The number of aryl methyl sites for hydroxylation is 2. The summed E-state index contributed by atoms with van der Waals surface area (Å²) in [4.78, 5) is 12.7. The molecule has 0 fully saturated rings. The lowest BCUT2D eigenvalue weighted by Gasteiger charge is -2.11. The number of amides is 1. The predicted octanol–water partition coefficient (Wildman–Crippen LogP) is 3.80. The van der Waals surface area contributed by atoms with Crippen LogP contribution in [0.15, 0.2) is 28.9 Å². The maximum atomic E-state index is 12.7. The second kappa shape index (κ2) is 8.69. The molecule has 0 saturated carbocycles. The Morgan fingerprint density at radius 1 is 1.17 bits per heavy atom. The summed E-state index contributed by atoms with van der Waals surface area (Å²) in [5, 5.41) is 11.8. The topological polar surface area (TPSA) is 83.2 Å². The molecule has 3 aromatic rings. The van der Waals surface area contributed by atoms with Crippen LogP contribution in [-0.4, -0.2) is 39.7 Å². The molecule has 29 heavy (non-hydrogen) atoms. The Morgan fingerprint density at radius 2 is 1.90 bits per heavy atom. The fraction of sp³-hybridized carbons (Fsp3) is 0.350. The molecule has 8 nitrogen and oxygen atoms in total. The van der Waals surface area contributed by atoms with E-state index in [9.17, 15) is 4.79 Å². The second-order valence-corrected chi connectivity index (χ2v) is 7.38. The van der Waals surface area contributed by atoms with E-state index in [1.165, 1.54) is 0 Å². The Hall–Kier alpha value is -2.81. The molecule has 0 aliphatic heterocycles. The maximum absolute atomic E-state index is 12.7. The SMILES string of the molecule is CCn1cc(Br)c(C(=O)Nc2c(C)nn(Cc3ccc(OC)c(OC)c3)c2C)n1. The summed E-state index contributed by atoms with van der Waals surface area (Å²) >= 11 is 3.40. The molecule has 0 bridgehead atoms. The molecule has 9 heteroatoms. The Labute approximate surface area is 177 Å². The van der Waals surface area contributed by atoms with Gasteiger partial charge in [0, 0.05) is 12.7 Å². The van der Waals surface area contributed by atoms with Gasteiger partial charge < -0.3 is 14.8 Å². The highest BCUT2D eigenvalue weighted by molar-refractivity contribution is 9.10. The molecule has 0 radical (unpaired) electrons. The van der Waals surface area contributed by atoms with E-state index in [1.807, 2.05) is 43.7 Å². The molecule has 0 aliphatic rings. The third kappa shape index (κ3) is 4.29. The number of carbonyl (C=O) groups excluding carboxylic acids is 1. The molecule has 2 heterocycles. The van der Waals surface area contributed by atoms with Crippen molar-refractivity contribution in [2.75, 3.05) is 19.5 Å². The van der Waals surface area contributed by atoms with Crippen LogP contribution < -0.4 is 14.8 Å². The van der Waals surface area contributed by atoms with Crippen molar-refractivity contribution in [3.8, 4) is 11.5 Å². The molecule has 1 aromatic carbocycles. The maximum Gasteiger partial charge on any atom is 0.277 e. The number of benzene rings is 1. The summed E-state index contributed by atoms with van der Waals surface area (Å²) in [6.07, 6.45) is 1.79. The van der Waals surface area contributed by atoms with Crippen LogP contribution in [0.4, 0.5) is 5.69 Å². The molecule has 3 rings (SSSR count). The van der Waals surface area contributed by atoms with E-state index in [-0.39, 0.29) is 5.91 Å². The van der Waals surface area contributed by atoms with Crippen molar-refractivity contribution in [3.63, 3.8) is 0 Å². The van der Waals surface area contributed by atoms with Crippen LogP contribution in [0.2, 0.25) is 0 Å². The molecule has 0 aliphatic carbocycles. The van der Waals surface area contributed by atoms with Crippen LogP contribution in [-0.2, 0) is 13.1 Å². The van der Waals surface area contributed by atoms with Gasteiger partial charge in [0.05, 0.1) is 42.3 Å². The van der Waals surface area contributed by atoms with Gasteiger partial charge in [0.15, 0.2) is 17.2 Å². The number of ether oxygens (including phenoxy) is 2. The molecule has 1 amide bonds. The van der Waals surface area contributed by atoms with Gasteiger partial charge in [0.1, 0.15) is 0 Å². The summed E-state index contributed by atoms with van der Waals surface area (Å²) < 4.78 is 14.9. The molecule has 1 N–H and O–H groups in total. The van der Waals surface area contributed by atoms with Crippen LogP contribution >= 0.6 is 15.9 Å². The van der Waals surface area contributed by atoms with Crippen molar-refractivity contribution in [3.05, 3.63) is 51.5 Å². The van der Waals surface area contributed by atoms with Crippen molar-refractivity contribution in [2.24, 2.45) is 0 Å². The fourth-order valence-electron chi connectivity index (χ4n) is 3.07. The van der Waals surface area contributed by atoms with Gasteiger partial charge in [0.25, 0.3) is 5.91 Å². The normalized spacial score (nSPS) is 10.8. The number of nitrogens with zero attached hydrogens (tertiary/aromatic N) is 4. The van der Waals surface area contributed by atoms with E-state index in [1.54, 1.807) is 25.1 Å². The van der Waals surface area contributed by atoms with Gasteiger partial charge in [-0.1, -0.05) is 6.07 Å². The van der Waals surface area contributed by atoms with Crippen molar-refractivity contribution in [1.29, 1.82) is 0 Å². The van der Waals surface area contributed by atoms with Gasteiger partial charge in [0.2, 0.25) is 0 Å². The van der Waals surface area contributed by atoms with E-state index in [4.69, 9.17) is 9.47 Å². The number of halogens is 1. The monoisotopic (exact) mass is 461 g/mol. The molecule has 0 saturated heterocycles. The van der Waals surface area contributed by atoms with Crippen LogP contribution in [0, 0.1) is 13.8 Å². The van der Waals surface area contributed by atoms with Gasteiger partial charge in [-0.25, -0.2) is 0 Å². The first-order valence-electron chi connectivity index (χ1n) is 9.17. The van der Waals surface area contributed by atoms with E-state index >= 15 is 0 Å². The van der Waals surface area contributed by atoms with Crippen LogP contribution in [0.5, 0.6) is 11.5 Å². The van der Waals surface area contributed by atoms with Gasteiger partial charge in [-0.2, -0.15) is 10.2 Å². The standard InChI is InChI=1S/C20H24BrN5O3/c1-6-25-11-15(21)19(24-25)20(27)22-18-12(2)23-26(13(18)3)10-14-7-8-16(28-4)17(9-14)29-5/h7-9,11H,6,10H2,1-5H3,(H,22,27). The Morgan fingerprint density at radius 3 is 2.52 bits per heavy atom. The van der Waals surface area contributed by atoms with Crippen molar-refractivity contribution >= 4 is 27.5 Å². The molecular formula is C20H24BrN5O3.